The van der Waals surface area contributed by atoms with Gasteiger partial charge in [-0.3, -0.25) is 14.4 Å². The Morgan fingerprint density at radius 2 is 1.84 bits per heavy atom. The van der Waals surface area contributed by atoms with Gasteiger partial charge in [-0.15, -0.1) is 11.3 Å². The summed E-state index contributed by atoms with van der Waals surface area (Å²) in [6.45, 7) is 3.98. The van der Waals surface area contributed by atoms with Crippen LogP contribution in [0.25, 0.3) is 10.1 Å². The first-order valence-electron chi connectivity index (χ1n) is 12.6. The molecule has 0 radical (unpaired) electrons. The van der Waals surface area contributed by atoms with Gasteiger partial charge in [0, 0.05) is 11.2 Å². The summed E-state index contributed by atoms with van der Waals surface area (Å²) < 4.78 is 14.9. The van der Waals surface area contributed by atoms with Gasteiger partial charge in [-0.1, -0.05) is 44.2 Å². The Labute approximate surface area is 224 Å². The minimum atomic E-state index is -0.816. The number of anilines is 1. The lowest BCUT2D eigenvalue weighted by Crippen LogP contribution is -2.52. The van der Waals surface area contributed by atoms with Crippen LogP contribution >= 0.6 is 11.3 Å². The van der Waals surface area contributed by atoms with E-state index in [1.54, 1.807) is 12.1 Å². The van der Waals surface area contributed by atoms with Gasteiger partial charge in [0.2, 0.25) is 5.91 Å². The van der Waals surface area contributed by atoms with Crippen LogP contribution in [0.15, 0.2) is 54.6 Å². The van der Waals surface area contributed by atoms with Gasteiger partial charge in [-0.05, 0) is 54.8 Å². The molecule has 38 heavy (non-hydrogen) atoms. The van der Waals surface area contributed by atoms with Crippen molar-refractivity contribution in [2.24, 2.45) is 5.92 Å². The summed E-state index contributed by atoms with van der Waals surface area (Å²) in [6.07, 6.45) is 1.23. The number of rotatable bonds is 7. The highest BCUT2D eigenvalue weighted by molar-refractivity contribution is 7.20. The third-order valence-electron chi connectivity index (χ3n) is 6.35. The fourth-order valence-electron chi connectivity index (χ4n) is 4.41. The smallest absolute Gasteiger partial charge is 0.322 e. The Morgan fingerprint density at radius 1 is 1.11 bits per heavy atom. The number of Topliss-reactive ketones (excluding diaryl/α,β-unsaturated/α-hetero) is 1. The molecule has 2 aromatic carbocycles. The van der Waals surface area contributed by atoms with Crippen LogP contribution in [0, 0.1) is 11.7 Å². The fourth-order valence-corrected chi connectivity index (χ4v) is 5.37. The Bertz CT molecular complexity index is 1310. The number of amides is 4. The van der Waals surface area contributed by atoms with Crippen LogP contribution in [-0.4, -0.2) is 53.7 Å². The van der Waals surface area contributed by atoms with Crippen molar-refractivity contribution in [3.63, 3.8) is 0 Å². The van der Waals surface area contributed by atoms with Crippen LogP contribution in [0.1, 0.15) is 42.8 Å². The minimum Gasteiger partial charge on any atom is -0.344 e. The first kappa shape index (κ1) is 27.3. The lowest BCUT2D eigenvalue weighted by Gasteiger charge is -2.23. The molecule has 2 atom stereocenters. The van der Waals surface area contributed by atoms with Gasteiger partial charge < -0.3 is 20.9 Å². The van der Waals surface area contributed by atoms with Crippen molar-refractivity contribution < 1.29 is 23.6 Å². The number of urea groups is 1. The Morgan fingerprint density at radius 3 is 2.58 bits per heavy atom. The molecule has 3 aromatic rings. The highest BCUT2D eigenvalue weighted by Crippen LogP contribution is 2.25. The number of nitrogens with one attached hydrogen (secondary N) is 3. The van der Waals surface area contributed by atoms with Crippen LogP contribution in [0.2, 0.25) is 0 Å². The summed E-state index contributed by atoms with van der Waals surface area (Å²) >= 11 is 1.36. The Balaban J connectivity index is 1.38. The van der Waals surface area contributed by atoms with E-state index in [9.17, 15) is 23.6 Å². The number of halogens is 1. The number of thiophene rings is 1. The van der Waals surface area contributed by atoms with Crippen molar-refractivity contribution in [3.05, 3.63) is 65.3 Å². The average Bonchev–Trinajstić information content (AvgIpc) is 3.24. The molecule has 1 aromatic heterocycles. The highest BCUT2D eigenvalue weighted by atomic mass is 32.1. The molecule has 0 saturated carbocycles. The molecule has 0 aliphatic carbocycles. The third kappa shape index (κ3) is 6.74. The van der Waals surface area contributed by atoms with Crippen LogP contribution in [-0.2, 0) is 9.59 Å². The van der Waals surface area contributed by atoms with Gasteiger partial charge in [-0.2, -0.15) is 0 Å². The number of likely N-dealkylation sites (tertiary alicyclic amines) is 1. The first-order chi connectivity index (χ1) is 18.2. The van der Waals surface area contributed by atoms with E-state index < -0.39 is 29.8 Å². The topological polar surface area (TPSA) is 108 Å². The van der Waals surface area contributed by atoms with Gasteiger partial charge in [-0.25, -0.2) is 9.18 Å². The van der Waals surface area contributed by atoms with E-state index in [0.29, 0.717) is 24.1 Å². The van der Waals surface area contributed by atoms with Gasteiger partial charge in [0.1, 0.15) is 11.9 Å². The number of nitrogens with zero attached hydrogens (tertiary/aromatic N) is 1. The van der Waals surface area contributed by atoms with Crippen LogP contribution < -0.4 is 16.0 Å². The van der Waals surface area contributed by atoms with Crippen molar-refractivity contribution >= 4 is 50.7 Å². The SMILES string of the molecule is CC(C)C[C@H](NC(=O)c1cc2ccccc2s1)C(=O)NC1CCCN(C(=O)Nc2ccccc2F)CC1=O. The summed E-state index contributed by atoms with van der Waals surface area (Å²) in [4.78, 5) is 53.7. The standard InChI is InChI=1S/C28H31FN4O4S/c1-17(2)14-22(31-27(36)25-15-18-8-3-6-12-24(18)38-25)26(35)30-21-11-7-13-33(16-23(21)34)28(37)32-20-10-5-4-9-19(20)29/h3-6,8-10,12,15,17,21-22H,7,11,13-14,16H2,1-2H3,(H,30,35)(H,31,36)(H,32,37)/t21?,22-/m0/s1. The molecule has 3 N–H and O–H groups in total. The molecule has 1 saturated heterocycles. The first-order valence-corrected chi connectivity index (χ1v) is 13.5. The number of carbonyl (C=O) groups excluding carboxylic acids is 4. The van der Waals surface area contributed by atoms with Gasteiger partial charge in [0.05, 0.1) is 23.2 Å². The third-order valence-corrected chi connectivity index (χ3v) is 7.47. The predicted octanol–water partition coefficient (Wildman–Crippen LogP) is 4.57. The molecule has 4 rings (SSSR count). The summed E-state index contributed by atoms with van der Waals surface area (Å²) in [5.74, 6) is -1.54. The van der Waals surface area contributed by atoms with Gasteiger partial charge in [0.15, 0.2) is 5.78 Å². The highest BCUT2D eigenvalue weighted by Gasteiger charge is 2.31. The second-order valence-corrected chi connectivity index (χ2v) is 10.9. The monoisotopic (exact) mass is 538 g/mol. The summed E-state index contributed by atoms with van der Waals surface area (Å²) in [7, 11) is 0. The quantitative estimate of drug-likeness (QED) is 0.410. The molecule has 2 heterocycles. The van der Waals surface area contributed by atoms with Crippen molar-refractivity contribution in [1.82, 2.24) is 15.5 Å². The molecule has 0 bridgehead atoms. The van der Waals surface area contributed by atoms with Crippen LogP contribution in [0.5, 0.6) is 0 Å². The van der Waals surface area contributed by atoms with Crippen molar-refractivity contribution in [2.45, 2.75) is 45.2 Å². The number of hydrogen-bond donors (Lipinski definition) is 3. The van der Waals surface area contributed by atoms with Crippen molar-refractivity contribution in [3.8, 4) is 0 Å². The molecule has 8 nitrogen and oxygen atoms in total. The number of hydrogen-bond acceptors (Lipinski definition) is 5. The molecule has 1 aliphatic rings. The van der Waals surface area contributed by atoms with E-state index in [-0.39, 0.29) is 36.4 Å². The molecule has 1 unspecified atom stereocenters. The number of para-hydroxylation sites is 1. The van der Waals surface area contributed by atoms with Crippen molar-refractivity contribution in [2.75, 3.05) is 18.4 Å². The fraction of sp³-hybridized carbons (Fsp3) is 0.357. The molecule has 200 valence electrons. The second-order valence-electron chi connectivity index (χ2n) is 9.81. The average molecular weight is 539 g/mol. The van der Waals surface area contributed by atoms with Crippen LogP contribution in [0.4, 0.5) is 14.9 Å². The van der Waals surface area contributed by atoms with E-state index >= 15 is 0 Å². The molecule has 1 fully saturated rings. The summed E-state index contributed by atoms with van der Waals surface area (Å²) in [6, 6.07) is 13.1. The number of carbonyl (C=O) groups is 4. The molecule has 10 heteroatoms. The maximum atomic E-state index is 13.9. The maximum absolute atomic E-state index is 13.9. The van der Waals surface area contributed by atoms with E-state index in [0.717, 1.165) is 10.1 Å². The minimum absolute atomic E-state index is 0.0324. The zero-order valence-corrected chi connectivity index (χ0v) is 22.1. The van der Waals surface area contributed by atoms with E-state index in [1.165, 1.54) is 34.4 Å². The zero-order chi connectivity index (χ0) is 27.2. The summed E-state index contributed by atoms with van der Waals surface area (Å²) in [5.41, 5.74) is 0.0324. The largest absolute Gasteiger partial charge is 0.344 e. The molecule has 4 amide bonds. The normalized spacial score (nSPS) is 16.7. The number of ketones is 1. The number of benzene rings is 2. The van der Waals surface area contributed by atoms with Crippen molar-refractivity contribution in [1.29, 1.82) is 0 Å². The molecular weight excluding hydrogens is 507 g/mol. The molecule has 1 aliphatic heterocycles. The molecular formula is C28H31FN4O4S. The molecule has 0 spiro atoms. The Kier molecular flexibility index (Phi) is 8.73. The Hall–Kier alpha value is -3.79. The lowest BCUT2D eigenvalue weighted by atomic mass is 10.0. The summed E-state index contributed by atoms with van der Waals surface area (Å²) in [5, 5.41) is 9.10. The maximum Gasteiger partial charge on any atom is 0.322 e. The predicted molar refractivity (Wildman–Crippen MR) is 146 cm³/mol. The van der Waals surface area contributed by atoms with Crippen LogP contribution in [0.3, 0.4) is 0 Å². The van der Waals surface area contributed by atoms with E-state index in [1.807, 2.05) is 38.1 Å². The van der Waals surface area contributed by atoms with E-state index in [2.05, 4.69) is 16.0 Å². The zero-order valence-electron chi connectivity index (χ0n) is 21.3. The lowest BCUT2D eigenvalue weighted by molar-refractivity contribution is -0.129. The van der Waals surface area contributed by atoms with E-state index in [4.69, 9.17) is 0 Å². The van der Waals surface area contributed by atoms with Gasteiger partial charge >= 0.3 is 6.03 Å². The second kappa shape index (κ2) is 12.2. The number of fused-ring (bicyclic) bond motifs is 1. The van der Waals surface area contributed by atoms with Gasteiger partial charge in [0.25, 0.3) is 5.91 Å².